The van der Waals surface area contributed by atoms with Crippen LogP contribution in [0, 0.1) is 5.82 Å². The third kappa shape index (κ3) is 5.85. The number of rotatable bonds is 4. The fourth-order valence-electron chi connectivity index (χ4n) is 2.48. The summed E-state index contributed by atoms with van der Waals surface area (Å²) < 4.78 is 14.8. The van der Waals surface area contributed by atoms with Crippen molar-refractivity contribution in [1.82, 2.24) is 4.90 Å². The largest absolute Gasteiger partial charge is 0.350 e. The molecule has 1 saturated heterocycles. The molecule has 0 bridgehead atoms. The van der Waals surface area contributed by atoms with Crippen molar-refractivity contribution in [1.29, 1.82) is 0 Å². The zero-order chi connectivity index (χ0) is 18.7. The van der Waals surface area contributed by atoms with Gasteiger partial charge in [0.1, 0.15) is 5.82 Å². The van der Waals surface area contributed by atoms with Crippen molar-refractivity contribution in [3.05, 3.63) is 57.8 Å². The molecule has 0 aliphatic carbocycles. The smallest absolute Gasteiger partial charge is 0.226 e. The molecule has 1 atom stereocenters. The Labute approximate surface area is 181 Å². The minimum atomic E-state index is -0.544. The molecule has 0 radical (unpaired) electrons. The second-order valence-corrected chi connectivity index (χ2v) is 8.16. The molecule has 1 unspecified atom stereocenters. The van der Waals surface area contributed by atoms with Crippen LogP contribution in [0.2, 0.25) is 5.02 Å². The Bertz CT molecular complexity index is 851. The van der Waals surface area contributed by atoms with Crippen LogP contribution in [0.1, 0.15) is 6.42 Å². The summed E-state index contributed by atoms with van der Waals surface area (Å²) in [5.41, 5.74) is 0.993. The first kappa shape index (κ1) is 22.0. The van der Waals surface area contributed by atoms with Crippen molar-refractivity contribution >= 4 is 74.1 Å². The lowest BCUT2D eigenvalue weighted by Gasteiger charge is -2.20. The Hall–Kier alpha value is -1.28. The Morgan fingerprint density at radius 2 is 2.07 bits per heavy atom. The van der Waals surface area contributed by atoms with Crippen LogP contribution in [-0.4, -0.2) is 34.8 Å². The van der Waals surface area contributed by atoms with Gasteiger partial charge in [-0.2, -0.15) is 0 Å². The number of nitrogens with zero attached hydrogens (tertiary/aromatic N) is 2. The summed E-state index contributed by atoms with van der Waals surface area (Å²) in [7, 11) is 1.92. The van der Waals surface area contributed by atoms with E-state index in [1.165, 1.54) is 12.1 Å². The van der Waals surface area contributed by atoms with E-state index in [0.717, 1.165) is 21.1 Å². The van der Waals surface area contributed by atoms with E-state index in [0.29, 0.717) is 5.02 Å². The number of carbonyl (C=O) groups excluding carboxylic acids is 1. The van der Waals surface area contributed by atoms with Crippen LogP contribution >= 0.6 is 51.7 Å². The van der Waals surface area contributed by atoms with Crippen molar-refractivity contribution in [3.8, 4) is 0 Å². The van der Waals surface area contributed by atoms with Gasteiger partial charge in [-0.3, -0.25) is 4.79 Å². The molecule has 0 aromatic heterocycles. The van der Waals surface area contributed by atoms with E-state index in [-0.39, 0.29) is 36.5 Å². The van der Waals surface area contributed by atoms with Gasteiger partial charge in [-0.15, -0.1) is 12.4 Å². The summed E-state index contributed by atoms with van der Waals surface area (Å²) in [5, 5.41) is 3.76. The van der Waals surface area contributed by atoms with Gasteiger partial charge in [-0.1, -0.05) is 39.3 Å². The fraction of sp³-hybridized carbons (Fsp3) is 0.222. The Balaban J connectivity index is 0.00000261. The topological polar surface area (TPSA) is 44.7 Å². The minimum Gasteiger partial charge on any atom is -0.350 e. The standard InChI is InChI=1S/C18H16BrClFN3OS.ClH/c1-24-14(9-17(25)23-16-7-4-12(20)8-15(16)21)10-26-18(24)22-13-5-2-11(19)3-6-13;/h2-8,14H,9-10H2,1H3,(H,23,25);1H. The molecule has 144 valence electrons. The molecule has 2 aromatic carbocycles. The number of anilines is 1. The number of benzene rings is 2. The molecule has 3 rings (SSSR count). The van der Waals surface area contributed by atoms with E-state index in [2.05, 4.69) is 26.2 Å². The normalized spacial score (nSPS) is 17.7. The van der Waals surface area contributed by atoms with Crippen LogP contribution in [-0.2, 0) is 4.79 Å². The first-order chi connectivity index (χ1) is 12.4. The number of carbonyl (C=O) groups is 1. The van der Waals surface area contributed by atoms with Crippen LogP contribution in [0.4, 0.5) is 15.8 Å². The van der Waals surface area contributed by atoms with Crippen LogP contribution in [0.3, 0.4) is 0 Å². The zero-order valence-corrected chi connectivity index (χ0v) is 18.3. The number of thioether (sulfide) groups is 1. The predicted octanol–water partition coefficient (Wildman–Crippen LogP) is 5.73. The first-order valence-corrected chi connectivity index (χ1v) is 10.0. The van der Waals surface area contributed by atoms with Gasteiger partial charge in [0, 0.05) is 34.8 Å². The number of halogens is 4. The number of amidine groups is 1. The average Bonchev–Trinajstić information content (AvgIpc) is 2.93. The lowest BCUT2D eigenvalue weighted by Crippen LogP contribution is -2.33. The summed E-state index contributed by atoms with van der Waals surface area (Å²) in [6, 6.07) is 11.9. The van der Waals surface area contributed by atoms with E-state index in [1.54, 1.807) is 17.8 Å². The summed E-state index contributed by atoms with van der Waals surface area (Å²) in [6.45, 7) is 0. The van der Waals surface area contributed by atoms with Gasteiger partial charge < -0.3 is 10.2 Å². The van der Waals surface area contributed by atoms with Gasteiger partial charge in [0.2, 0.25) is 5.91 Å². The van der Waals surface area contributed by atoms with Gasteiger partial charge in [0.15, 0.2) is 5.17 Å². The SMILES string of the molecule is CN1C(=Nc2ccc(Br)cc2)SCC1CC(=O)Nc1ccc(Cl)cc1F.Cl. The van der Waals surface area contributed by atoms with Gasteiger partial charge >= 0.3 is 0 Å². The molecular formula is C18H17BrCl2FN3OS. The van der Waals surface area contributed by atoms with E-state index in [1.807, 2.05) is 36.2 Å². The van der Waals surface area contributed by atoms with E-state index in [4.69, 9.17) is 11.6 Å². The van der Waals surface area contributed by atoms with Crippen LogP contribution in [0.25, 0.3) is 0 Å². The van der Waals surface area contributed by atoms with E-state index >= 15 is 0 Å². The number of nitrogens with one attached hydrogen (secondary N) is 1. The van der Waals surface area contributed by atoms with E-state index < -0.39 is 5.82 Å². The monoisotopic (exact) mass is 491 g/mol. The molecule has 1 amide bonds. The molecule has 1 aliphatic rings. The Morgan fingerprint density at radius 3 is 2.74 bits per heavy atom. The second kappa shape index (κ2) is 9.78. The highest BCUT2D eigenvalue weighted by atomic mass is 79.9. The molecule has 1 N–H and O–H groups in total. The van der Waals surface area contributed by atoms with Crippen molar-refractivity contribution in [2.75, 3.05) is 18.1 Å². The zero-order valence-electron chi connectivity index (χ0n) is 14.3. The minimum absolute atomic E-state index is 0. The molecule has 9 heteroatoms. The predicted molar refractivity (Wildman–Crippen MR) is 117 cm³/mol. The fourth-order valence-corrected chi connectivity index (χ4v) is 4.11. The number of amides is 1. The molecule has 0 spiro atoms. The summed E-state index contributed by atoms with van der Waals surface area (Å²) in [5.74, 6) is -0.0337. The maximum Gasteiger partial charge on any atom is 0.226 e. The summed E-state index contributed by atoms with van der Waals surface area (Å²) >= 11 is 10.7. The maximum absolute atomic E-state index is 13.8. The summed E-state index contributed by atoms with van der Waals surface area (Å²) in [4.78, 5) is 18.9. The lowest BCUT2D eigenvalue weighted by molar-refractivity contribution is -0.116. The maximum atomic E-state index is 13.8. The molecule has 1 aliphatic heterocycles. The van der Waals surface area contributed by atoms with Gasteiger partial charge in [0.05, 0.1) is 11.4 Å². The third-order valence-electron chi connectivity index (χ3n) is 3.93. The molecule has 4 nitrogen and oxygen atoms in total. The first-order valence-electron chi connectivity index (χ1n) is 7.87. The van der Waals surface area contributed by atoms with Crippen molar-refractivity contribution < 1.29 is 9.18 Å². The number of aliphatic imine (C=N–C) groups is 1. The van der Waals surface area contributed by atoms with E-state index in [9.17, 15) is 9.18 Å². The second-order valence-electron chi connectivity index (χ2n) is 5.82. The van der Waals surface area contributed by atoms with Crippen molar-refractivity contribution in [2.24, 2.45) is 4.99 Å². The van der Waals surface area contributed by atoms with Crippen LogP contribution < -0.4 is 5.32 Å². The quantitative estimate of drug-likeness (QED) is 0.592. The third-order valence-corrected chi connectivity index (χ3v) is 5.88. The van der Waals surface area contributed by atoms with Gasteiger partial charge in [-0.05, 0) is 42.5 Å². The number of hydrogen-bond acceptors (Lipinski definition) is 3. The highest BCUT2D eigenvalue weighted by Gasteiger charge is 2.29. The molecule has 1 heterocycles. The van der Waals surface area contributed by atoms with Crippen molar-refractivity contribution in [3.63, 3.8) is 0 Å². The Kier molecular flexibility index (Phi) is 7.97. The molecule has 2 aromatic rings. The highest BCUT2D eigenvalue weighted by Crippen LogP contribution is 2.28. The van der Waals surface area contributed by atoms with Crippen LogP contribution in [0.15, 0.2) is 51.9 Å². The molecule has 0 saturated carbocycles. The number of hydrogen-bond donors (Lipinski definition) is 1. The lowest BCUT2D eigenvalue weighted by atomic mass is 10.2. The molecule has 27 heavy (non-hydrogen) atoms. The van der Waals surface area contributed by atoms with Crippen LogP contribution in [0.5, 0.6) is 0 Å². The Morgan fingerprint density at radius 1 is 1.37 bits per heavy atom. The molecule has 1 fully saturated rings. The van der Waals surface area contributed by atoms with Gasteiger partial charge in [0.25, 0.3) is 0 Å². The average molecular weight is 493 g/mol. The molecular weight excluding hydrogens is 476 g/mol. The van der Waals surface area contributed by atoms with Crippen molar-refractivity contribution in [2.45, 2.75) is 12.5 Å². The summed E-state index contributed by atoms with van der Waals surface area (Å²) in [6.07, 6.45) is 0.255. The highest BCUT2D eigenvalue weighted by molar-refractivity contribution is 9.10. The van der Waals surface area contributed by atoms with Gasteiger partial charge in [-0.25, -0.2) is 9.38 Å².